The van der Waals surface area contributed by atoms with Crippen LogP contribution in [0.3, 0.4) is 0 Å². The largest absolute Gasteiger partial charge is 0.343 e. The monoisotopic (exact) mass is 260 g/mol. The summed E-state index contributed by atoms with van der Waals surface area (Å²) < 4.78 is 0. The molecule has 0 saturated carbocycles. The second-order valence-electron chi connectivity index (χ2n) is 4.16. The second kappa shape index (κ2) is 5.80. The third-order valence-corrected chi connectivity index (χ3v) is 3.60. The molecule has 0 bridgehead atoms. The van der Waals surface area contributed by atoms with Crippen molar-refractivity contribution in [2.45, 2.75) is 19.0 Å². The summed E-state index contributed by atoms with van der Waals surface area (Å²) in [4.78, 5) is 12.9. The van der Waals surface area contributed by atoms with E-state index in [1.807, 2.05) is 47.8 Å². The molecule has 0 aliphatic carbocycles. The highest BCUT2D eigenvalue weighted by molar-refractivity contribution is 7.10. The fourth-order valence-electron chi connectivity index (χ4n) is 1.69. The number of hydrogen-bond donors (Lipinski definition) is 2. The third kappa shape index (κ3) is 2.97. The lowest BCUT2D eigenvalue weighted by Gasteiger charge is -2.19. The molecule has 0 radical (unpaired) electrons. The molecule has 94 valence electrons. The highest BCUT2D eigenvalue weighted by Gasteiger charge is 2.19. The summed E-state index contributed by atoms with van der Waals surface area (Å²) in [6.45, 7) is 1.69. The fourth-order valence-corrected chi connectivity index (χ4v) is 2.50. The van der Waals surface area contributed by atoms with Crippen LogP contribution in [0.1, 0.15) is 23.4 Å². The Kier molecular flexibility index (Phi) is 4.12. The van der Waals surface area contributed by atoms with Crippen LogP contribution in [-0.4, -0.2) is 11.9 Å². The van der Waals surface area contributed by atoms with Gasteiger partial charge in [0.15, 0.2) is 0 Å². The number of amides is 1. The van der Waals surface area contributed by atoms with E-state index in [-0.39, 0.29) is 11.9 Å². The van der Waals surface area contributed by atoms with Gasteiger partial charge in [-0.15, -0.1) is 11.3 Å². The third-order valence-electron chi connectivity index (χ3n) is 2.66. The number of rotatable bonds is 4. The van der Waals surface area contributed by atoms with E-state index < -0.39 is 6.04 Å². The lowest BCUT2D eigenvalue weighted by atomic mass is 10.1. The molecule has 2 atom stereocenters. The Hall–Kier alpha value is -1.65. The lowest BCUT2D eigenvalue weighted by molar-refractivity contribution is -0.122. The Bertz CT molecular complexity index is 494. The summed E-state index contributed by atoms with van der Waals surface area (Å²) in [5.41, 5.74) is 6.67. The molecule has 0 fully saturated rings. The van der Waals surface area contributed by atoms with E-state index in [2.05, 4.69) is 5.32 Å². The quantitative estimate of drug-likeness (QED) is 0.886. The molecule has 18 heavy (non-hydrogen) atoms. The van der Waals surface area contributed by atoms with Gasteiger partial charge in [0.1, 0.15) is 0 Å². The smallest absolute Gasteiger partial charge is 0.237 e. The maximum absolute atomic E-state index is 11.8. The Balaban J connectivity index is 2.27. The van der Waals surface area contributed by atoms with E-state index in [1.165, 1.54) is 0 Å². The van der Waals surface area contributed by atoms with E-state index in [0.717, 1.165) is 10.4 Å². The van der Waals surface area contributed by atoms with Crippen molar-refractivity contribution < 1.29 is 4.79 Å². The summed E-state index contributed by atoms with van der Waals surface area (Å²) in [5, 5.41) is 4.98. The van der Waals surface area contributed by atoms with Gasteiger partial charge >= 0.3 is 0 Å². The van der Waals surface area contributed by atoms with Gasteiger partial charge in [-0.1, -0.05) is 36.4 Å². The van der Waals surface area contributed by atoms with Crippen molar-refractivity contribution in [1.29, 1.82) is 0 Å². The summed E-state index contributed by atoms with van der Waals surface area (Å²) in [6, 6.07) is 13.3. The average Bonchev–Trinajstić information content (AvgIpc) is 2.90. The number of nitrogens with one attached hydrogen (secondary N) is 1. The first kappa shape index (κ1) is 12.8. The standard InChI is InChI=1S/C14H16N2OS/c1-10(15)14(17)16-13(12-8-5-9-18-12)11-6-3-2-4-7-11/h2-10,13H,15H2,1H3,(H,16,17)/t10-,13?/m1/s1. The number of carbonyl (C=O) groups excluding carboxylic acids is 1. The fraction of sp³-hybridized carbons (Fsp3) is 0.214. The molecule has 0 saturated heterocycles. The van der Waals surface area contributed by atoms with Crippen LogP contribution in [0.5, 0.6) is 0 Å². The van der Waals surface area contributed by atoms with Gasteiger partial charge in [-0.25, -0.2) is 0 Å². The van der Waals surface area contributed by atoms with E-state index in [9.17, 15) is 4.79 Å². The predicted octanol–water partition coefficient (Wildman–Crippen LogP) is 2.30. The molecule has 2 aromatic rings. The lowest BCUT2D eigenvalue weighted by Crippen LogP contribution is -2.40. The molecular formula is C14H16N2OS. The Morgan fingerprint density at radius 3 is 2.50 bits per heavy atom. The number of benzene rings is 1. The van der Waals surface area contributed by atoms with Crippen molar-refractivity contribution in [3.63, 3.8) is 0 Å². The molecular weight excluding hydrogens is 244 g/mol. The maximum atomic E-state index is 11.8. The summed E-state index contributed by atoms with van der Waals surface area (Å²) >= 11 is 1.62. The number of carbonyl (C=O) groups is 1. The molecule has 0 aliphatic heterocycles. The molecule has 1 unspecified atom stereocenters. The normalized spacial score (nSPS) is 13.9. The van der Waals surface area contributed by atoms with Gasteiger partial charge in [-0.2, -0.15) is 0 Å². The highest BCUT2D eigenvalue weighted by Crippen LogP contribution is 2.25. The van der Waals surface area contributed by atoms with Gasteiger partial charge in [0.05, 0.1) is 12.1 Å². The van der Waals surface area contributed by atoms with Crippen LogP contribution in [0.25, 0.3) is 0 Å². The van der Waals surface area contributed by atoms with Crippen molar-refractivity contribution in [2.24, 2.45) is 5.73 Å². The van der Waals surface area contributed by atoms with Gasteiger partial charge in [0, 0.05) is 4.88 Å². The Labute approximate surface area is 111 Å². The van der Waals surface area contributed by atoms with Crippen LogP contribution in [0.15, 0.2) is 47.8 Å². The van der Waals surface area contributed by atoms with Gasteiger partial charge in [0.25, 0.3) is 0 Å². The second-order valence-corrected chi connectivity index (χ2v) is 5.14. The summed E-state index contributed by atoms with van der Waals surface area (Å²) in [5.74, 6) is -0.141. The van der Waals surface area contributed by atoms with Crippen LogP contribution in [0.2, 0.25) is 0 Å². The molecule has 3 N–H and O–H groups in total. The zero-order valence-electron chi connectivity index (χ0n) is 10.2. The molecule has 1 aromatic heterocycles. The van der Waals surface area contributed by atoms with Gasteiger partial charge in [0.2, 0.25) is 5.91 Å². The van der Waals surface area contributed by atoms with Crippen LogP contribution in [0, 0.1) is 0 Å². The first-order valence-electron chi connectivity index (χ1n) is 5.83. The zero-order valence-corrected chi connectivity index (χ0v) is 11.0. The SMILES string of the molecule is C[C@@H](N)C(=O)NC(c1ccccc1)c1cccs1. The average molecular weight is 260 g/mol. The molecule has 2 rings (SSSR count). The van der Waals surface area contributed by atoms with Crippen LogP contribution < -0.4 is 11.1 Å². The zero-order chi connectivity index (χ0) is 13.0. The number of nitrogens with two attached hydrogens (primary N) is 1. The summed E-state index contributed by atoms with van der Waals surface area (Å²) in [6.07, 6.45) is 0. The number of hydrogen-bond acceptors (Lipinski definition) is 3. The maximum Gasteiger partial charge on any atom is 0.237 e. The van der Waals surface area contributed by atoms with Crippen molar-refractivity contribution >= 4 is 17.2 Å². The first-order chi connectivity index (χ1) is 8.68. The van der Waals surface area contributed by atoms with E-state index in [1.54, 1.807) is 18.3 Å². The molecule has 1 amide bonds. The molecule has 1 aromatic carbocycles. The summed E-state index contributed by atoms with van der Waals surface area (Å²) in [7, 11) is 0. The van der Waals surface area contributed by atoms with Crippen LogP contribution >= 0.6 is 11.3 Å². The highest BCUT2D eigenvalue weighted by atomic mass is 32.1. The number of thiophene rings is 1. The van der Waals surface area contributed by atoms with Crippen molar-refractivity contribution in [2.75, 3.05) is 0 Å². The van der Waals surface area contributed by atoms with Gasteiger partial charge < -0.3 is 11.1 Å². The minimum atomic E-state index is -0.504. The predicted molar refractivity (Wildman–Crippen MR) is 74.4 cm³/mol. The minimum Gasteiger partial charge on any atom is -0.343 e. The topological polar surface area (TPSA) is 55.1 Å². The van der Waals surface area contributed by atoms with E-state index in [0.29, 0.717) is 0 Å². The first-order valence-corrected chi connectivity index (χ1v) is 6.71. The van der Waals surface area contributed by atoms with E-state index >= 15 is 0 Å². The van der Waals surface area contributed by atoms with Crippen molar-refractivity contribution in [1.82, 2.24) is 5.32 Å². The van der Waals surface area contributed by atoms with Crippen molar-refractivity contribution in [3.05, 3.63) is 58.3 Å². The Morgan fingerprint density at radius 1 is 1.22 bits per heavy atom. The van der Waals surface area contributed by atoms with Crippen molar-refractivity contribution in [3.8, 4) is 0 Å². The van der Waals surface area contributed by atoms with Crippen LogP contribution in [0.4, 0.5) is 0 Å². The molecule has 1 heterocycles. The van der Waals surface area contributed by atoms with Gasteiger partial charge in [-0.3, -0.25) is 4.79 Å². The van der Waals surface area contributed by atoms with Crippen LogP contribution in [-0.2, 0) is 4.79 Å². The molecule has 4 heteroatoms. The molecule has 3 nitrogen and oxygen atoms in total. The van der Waals surface area contributed by atoms with E-state index in [4.69, 9.17) is 5.73 Å². The Morgan fingerprint density at radius 2 is 1.94 bits per heavy atom. The molecule has 0 spiro atoms. The van der Waals surface area contributed by atoms with Gasteiger partial charge in [-0.05, 0) is 23.9 Å². The molecule has 0 aliphatic rings. The minimum absolute atomic E-state index is 0.121.